The fourth-order valence-corrected chi connectivity index (χ4v) is 3.74. The van der Waals surface area contributed by atoms with Crippen LogP contribution in [0.1, 0.15) is 42.4 Å². The molecular weight excluding hydrogens is 280 g/mol. The molecule has 2 rings (SSSR count). The molecule has 1 aliphatic rings. The van der Waals surface area contributed by atoms with Gasteiger partial charge in [0.15, 0.2) is 0 Å². The van der Waals surface area contributed by atoms with Crippen LogP contribution in [0.4, 0.5) is 5.69 Å². The van der Waals surface area contributed by atoms with E-state index in [1.807, 2.05) is 11.8 Å². The van der Waals surface area contributed by atoms with Crippen molar-refractivity contribution in [3.05, 3.63) is 21.5 Å². The minimum absolute atomic E-state index is 0.0732. The number of rotatable bonds is 5. The molecule has 1 aromatic rings. The zero-order chi connectivity index (χ0) is 14.7. The zero-order valence-electron chi connectivity index (χ0n) is 11.5. The highest BCUT2D eigenvalue weighted by Gasteiger charge is 2.32. The molecule has 0 spiro atoms. The molecule has 8 heteroatoms. The number of aryl methyl sites for hydroxylation is 1. The molecule has 0 aliphatic heterocycles. The van der Waals surface area contributed by atoms with E-state index in [4.69, 9.17) is 0 Å². The van der Waals surface area contributed by atoms with Gasteiger partial charge in [0.25, 0.3) is 5.91 Å². The topological polar surface area (TPSA) is 101 Å². The van der Waals surface area contributed by atoms with Crippen LogP contribution in [0.2, 0.25) is 0 Å². The second kappa shape index (κ2) is 6.25. The molecule has 1 aromatic heterocycles. The van der Waals surface area contributed by atoms with Crippen LogP contribution < -0.4 is 5.32 Å². The summed E-state index contributed by atoms with van der Waals surface area (Å²) in [7, 11) is 0. The number of aromatic nitrogens is 2. The molecule has 1 aliphatic carbocycles. The Morgan fingerprint density at radius 2 is 2.35 bits per heavy atom. The Bertz CT molecular complexity index is 517. The molecule has 110 valence electrons. The maximum atomic E-state index is 12.2. The first kappa shape index (κ1) is 14.8. The lowest BCUT2D eigenvalue weighted by Crippen LogP contribution is -2.39. The molecule has 1 heterocycles. The van der Waals surface area contributed by atoms with Crippen LogP contribution >= 0.6 is 11.8 Å². The summed E-state index contributed by atoms with van der Waals surface area (Å²) in [5.74, 6) is 0.535. The lowest BCUT2D eigenvalue weighted by atomic mass is 10.2. The Morgan fingerprint density at radius 3 is 3.00 bits per heavy atom. The number of hydrogen-bond donors (Lipinski definition) is 2. The van der Waals surface area contributed by atoms with Crippen LogP contribution in [0.15, 0.2) is 0 Å². The first-order valence-electron chi connectivity index (χ1n) is 6.66. The molecular formula is C12H18N4O3S. The van der Waals surface area contributed by atoms with Crippen LogP contribution in [-0.4, -0.2) is 38.1 Å². The molecule has 0 aromatic carbocycles. The molecule has 2 N–H and O–H groups in total. The number of hydrogen-bond acceptors (Lipinski definition) is 5. The number of nitrogens with zero attached hydrogens (tertiary/aromatic N) is 2. The van der Waals surface area contributed by atoms with Gasteiger partial charge in [0, 0.05) is 11.3 Å². The van der Waals surface area contributed by atoms with Crippen molar-refractivity contribution < 1.29 is 9.72 Å². The Morgan fingerprint density at radius 1 is 1.60 bits per heavy atom. The normalized spacial score (nSPS) is 21.9. The highest BCUT2D eigenvalue weighted by molar-refractivity contribution is 7.99. The number of H-pyrrole nitrogens is 1. The van der Waals surface area contributed by atoms with Gasteiger partial charge in [-0.15, -0.1) is 0 Å². The van der Waals surface area contributed by atoms with Crippen LogP contribution in [0.5, 0.6) is 0 Å². The maximum Gasteiger partial charge on any atom is 0.322 e. The number of aromatic amines is 1. The molecule has 20 heavy (non-hydrogen) atoms. The van der Waals surface area contributed by atoms with E-state index in [2.05, 4.69) is 22.4 Å². The van der Waals surface area contributed by atoms with Crippen molar-refractivity contribution in [2.45, 2.75) is 44.4 Å². The molecule has 0 bridgehead atoms. The summed E-state index contributed by atoms with van der Waals surface area (Å²) in [4.78, 5) is 22.6. The van der Waals surface area contributed by atoms with Gasteiger partial charge < -0.3 is 5.32 Å². The van der Waals surface area contributed by atoms with Crippen LogP contribution in [-0.2, 0) is 0 Å². The monoisotopic (exact) mass is 298 g/mol. The molecule has 1 saturated carbocycles. The highest BCUT2D eigenvalue weighted by Crippen LogP contribution is 2.30. The van der Waals surface area contributed by atoms with Gasteiger partial charge >= 0.3 is 5.69 Å². The molecule has 2 atom stereocenters. The lowest BCUT2D eigenvalue weighted by Gasteiger charge is -2.19. The third kappa shape index (κ3) is 2.95. The SMILES string of the molecule is CCSC1CCCC1NC(=O)c1n[nH]c(C)c1[N+](=O)[O-]. The van der Waals surface area contributed by atoms with Gasteiger partial charge in [0.1, 0.15) is 5.69 Å². The quantitative estimate of drug-likeness (QED) is 0.640. The van der Waals surface area contributed by atoms with Gasteiger partial charge in [-0.2, -0.15) is 16.9 Å². The smallest absolute Gasteiger partial charge is 0.322 e. The van der Waals surface area contributed by atoms with E-state index in [0.717, 1.165) is 25.0 Å². The number of nitro groups is 1. The van der Waals surface area contributed by atoms with Gasteiger partial charge in [-0.05, 0) is 25.5 Å². The van der Waals surface area contributed by atoms with Crippen LogP contribution in [0.3, 0.4) is 0 Å². The highest BCUT2D eigenvalue weighted by atomic mass is 32.2. The second-order valence-electron chi connectivity index (χ2n) is 4.81. The van der Waals surface area contributed by atoms with Gasteiger partial charge in [0.2, 0.25) is 5.69 Å². The minimum Gasteiger partial charge on any atom is -0.347 e. The zero-order valence-corrected chi connectivity index (χ0v) is 12.3. The predicted octanol–water partition coefficient (Wildman–Crippen LogP) is 2.03. The van der Waals surface area contributed by atoms with E-state index < -0.39 is 10.8 Å². The Balaban J connectivity index is 2.10. The summed E-state index contributed by atoms with van der Waals surface area (Å²) in [6, 6.07) is 0.0732. The van der Waals surface area contributed by atoms with Gasteiger partial charge in [0.05, 0.1) is 4.92 Å². The molecule has 1 amide bonds. The fourth-order valence-electron chi connectivity index (χ4n) is 2.55. The molecule has 0 radical (unpaired) electrons. The van der Waals surface area contributed by atoms with Crippen molar-refractivity contribution in [1.29, 1.82) is 0 Å². The second-order valence-corrected chi connectivity index (χ2v) is 6.32. The van der Waals surface area contributed by atoms with Crippen molar-refractivity contribution in [1.82, 2.24) is 15.5 Å². The van der Waals surface area contributed by atoms with Crippen LogP contribution in [0.25, 0.3) is 0 Å². The maximum absolute atomic E-state index is 12.2. The lowest BCUT2D eigenvalue weighted by molar-refractivity contribution is -0.385. The van der Waals surface area contributed by atoms with Crippen molar-refractivity contribution in [3.63, 3.8) is 0 Å². The summed E-state index contributed by atoms with van der Waals surface area (Å²) in [6.45, 7) is 3.62. The first-order valence-corrected chi connectivity index (χ1v) is 7.71. The average molecular weight is 298 g/mol. The minimum atomic E-state index is -0.569. The van der Waals surface area contributed by atoms with E-state index in [1.54, 1.807) is 0 Å². The third-order valence-electron chi connectivity index (χ3n) is 3.46. The van der Waals surface area contributed by atoms with Crippen molar-refractivity contribution in [2.75, 3.05) is 5.75 Å². The van der Waals surface area contributed by atoms with E-state index in [9.17, 15) is 14.9 Å². The standard InChI is InChI=1S/C12H18N4O3S/c1-3-20-9-6-4-5-8(9)13-12(17)10-11(16(18)19)7(2)14-15-10/h8-9H,3-6H2,1-2H3,(H,13,17)(H,14,15). The van der Waals surface area contributed by atoms with Crippen molar-refractivity contribution in [3.8, 4) is 0 Å². The van der Waals surface area contributed by atoms with Crippen molar-refractivity contribution >= 4 is 23.4 Å². The van der Waals surface area contributed by atoms with Gasteiger partial charge in [-0.25, -0.2) is 0 Å². The van der Waals surface area contributed by atoms with E-state index >= 15 is 0 Å². The number of carbonyl (C=O) groups excluding carboxylic acids is 1. The number of amides is 1. The Labute approximate surface area is 121 Å². The average Bonchev–Trinajstić information content (AvgIpc) is 2.97. The Hall–Kier alpha value is -1.57. The van der Waals surface area contributed by atoms with Gasteiger partial charge in [-0.3, -0.25) is 20.0 Å². The molecule has 0 saturated heterocycles. The molecule has 7 nitrogen and oxygen atoms in total. The van der Waals surface area contributed by atoms with E-state index in [-0.39, 0.29) is 17.4 Å². The van der Waals surface area contributed by atoms with E-state index in [0.29, 0.717) is 10.9 Å². The molecule has 1 fully saturated rings. The first-order chi connectivity index (χ1) is 9.54. The van der Waals surface area contributed by atoms with E-state index in [1.165, 1.54) is 6.92 Å². The summed E-state index contributed by atoms with van der Waals surface area (Å²) < 4.78 is 0. The molecule has 2 unspecified atom stereocenters. The number of carbonyl (C=O) groups is 1. The summed E-state index contributed by atoms with van der Waals surface area (Å²) in [5.41, 5.74) is -0.0640. The third-order valence-corrected chi connectivity index (χ3v) is 4.79. The van der Waals surface area contributed by atoms with Gasteiger partial charge in [-0.1, -0.05) is 13.3 Å². The number of thioether (sulfide) groups is 1. The summed E-state index contributed by atoms with van der Waals surface area (Å²) in [6.07, 6.45) is 3.07. The Kier molecular flexibility index (Phi) is 4.64. The number of nitrogens with one attached hydrogen (secondary N) is 2. The van der Waals surface area contributed by atoms with Crippen molar-refractivity contribution in [2.24, 2.45) is 0 Å². The largest absolute Gasteiger partial charge is 0.347 e. The summed E-state index contributed by atoms with van der Waals surface area (Å²) >= 11 is 1.82. The fraction of sp³-hybridized carbons (Fsp3) is 0.667. The predicted molar refractivity (Wildman–Crippen MR) is 77.0 cm³/mol. The van der Waals surface area contributed by atoms with Crippen LogP contribution in [0, 0.1) is 17.0 Å². The summed E-state index contributed by atoms with van der Waals surface area (Å²) in [5, 5.41) is 20.5.